The number of carbonyl (C=O) groups excluding carboxylic acids is 1. The van der Waals surface area contributed by atoms with Gasteiger partial charge in [-0.3, -0.25) is 9.28 Å². The summed E-state index contributed by atoms with van der Waals surface area (Å²) in [4.78, 5) is 29.4. The number of aromatic nitrogens is 1. The Labute approximate surface area is 233 Å². The van der Waals surface area contributed by atoms with E-state index in [2.05, 4.69) is 16.9 Å². The molecule has 3 aromatic carbocycles. The second-order valence-electron chi connectivity index (χ2n) is 9.45. The standard InChI is InChI=1S/C30H23ClF3N3O3/c1-18(19-5-4-6-22(14-19)30(32,33)34)36-24-15-20(13-21(16-24)29(39)40)28(38)27-12-11-26(17-35-27)37(2,3)25-9-7-23(31)8-10-25/h4-17,36H,1H2,2-3H3/p+1. The van der Waals surface area contributed by atoms with E-state index in [0.29, 0.717) is 9.51 Å². The smallest absolute Gasteiger partial charge is 0.416 e. The van der Waals surface area contributed by atoms with Gasteiger partial charge in [0.05, 0.1) is 31.4 Å². The van der Waals surface area contributed by atoms with Crippen LogP contribution < -0.4 is 9.80 Å². The first-order chi connectivity index (χ1) is 18.8. The number of carboxylic acid groups (broad SMARTS) is 1. The Morgan fingerprint density at radius 2 is 1.55 bits per heavy atom. The van der Waals surface area contributed by atoms with Gasteiger partial charge in [0.1, 0.15) is 11.4 Å². The Kier molecular flexibility index (Phi) is 7.81. The van der Waals surface area contributed by atoms with Crippen molar-refractivity contribution < 1.29 is 27.9 Å². The lowest BCUT2D eigenvalue weighted by atomic mass is 10.0. The molecular weight excluding hydrogens is 543 g/mol. The largest absolute Gasteiger partial charge is 0.478 e. The van der Waals surface area contributed by atoms with Gasteiger partial charge in [-0.1, -0.05) is 30.3 Å². The van der Waals surface area contributed by atoms with E-state index in [0.717, 1.165) is 23.5 Å². The quantitative estimate of drug-likeness (QED) is 0.169. The fourth-order valence-corrected chi connectivity index (χ4v) is 4.17. The summed E-state index contributed by atoms with van der Waals surface area (Å²) in [5.74, 6) is -1.81. The van der Waals surface area contributed by atoms with Gasteiger partial charge in [0.25, 0.3) is 0 Å². The van der Waals surface area contributed by atoms with E-state index in [1.54, 1.807) is 30.5 Å². The third kappa shape index (κ3) is 6.22. The van der Waals surface area contributed by atoms with Gasteiger partial charge < -0.3 is 10.4 Å². The van der Waals surface area contributed by atoms with Gasteiger partial charge in [-0.15, -0.1) is 0 Å². The number of hydrogen-bond acceptors (Lipinski definition) is 4. The van der Waals surface area contributed by atoms with Crippen molar-refractivity contribution in [3.8, 4) is 0 Å². The van der Waals surface area contributed by atoms with Crippen LogP contribution in [0.4, 0.5) is 30.2 Å². The third-order valence-electron chi connectivity index (χ3n) is 6.37. The number of carboxylic acids is 1. The minimum absolute atomic E-state index is 0.0333. The van der Waals surface area contributed by atoms with Gasteiger partial charge in [0, 0.05) is 40.2 Å². The summed E-state index contributed by atoms with van der Waals surface area (Å²) in [5.41, 5.74) is 1.23. The molecule has 2 N–H and O–H groups in total. The van der Waals surface area contributed by atoms with Crippen molar-refractivity contribution in [1.29, 1.82) is 0 Å². The summed E-state index contributed by atoms with van der Waals surface area (Å²) >= 11 is 6.00. The number of nitrogens with one attached hydrogen (secondary N) is 1. The lowest BCUT2D eigenvalue weighted by molar-refractivity contribution is -0.137. The van der Waals surface area contributed by atoms with Crippen LogP contribution in [0.2, 0.25) is 5.02 Å². The number of carbonyl (C=O) groups is 2. The van der Waals surface area contributed by atoms with E-state index < -0.39 is 23.5 Å². The summed E-state index contributed by atoms with van der Waals surface area (Å²) in [5, 5.41) is 13.0. The molecule has 10 heteroatoms. The molecule has 0 aliphatic heterocycles. The number of nitrogens with zero attached hydrogens (tertiary/aromatic N) is 2. The number of halogens is 4. The molecular formula is C30H24ClF3N3O3+. The van der Waals surface area contributed by atoms with Gasteiger partial charge in [-0.05, 0) is 54.1 Å². The van der Waals surface area contributed by atoms with E-state index >= 15 is 0 Å². The van der Waals surface area contributed by atoms with Crippen LogP contribution in [-0.2, 0) is 6.18 Å². The highest BCUT2D eigenvalue weighted by Crippen LogP contribution is 2.32. The maximum Gasteiger partial charge on any atom is 0.416 e. The van der Waals surface area contributed by atoms with Crippen LogP contribution in [0.25, 0.3) is 5.70 Å². The Hall–Kier alpha value is -4.47. The third-order valence-corrected chi connectivity index (χ3v) is 6.63. The number of ketones is 1. The maximum atomic E-state index is 13.3. The summed E-state index contributed by atoms with van der Waals surface area (Å²) in [6, 6.07) is 19.1. The number of pyridine rings is 1. The first-order valence-corrected chi connectivity index (χ1v) is 12.3. The molecule has 1 heterocycles. The molecule has 0 aliphatic carbocycles. The molecule has 1 aromatic heterocycles. The van der Waals surface area contributed by atoms with Crippen molar-refractivity contribution >= 4 is 46.1 Å². The topological polar surface area (TPSA) is 79.3 Å². The number of aromatic carboxylic acids is 1. The normalized spacial score (nSPS) is 11.7. The summed E-state index contributed by atoms with van der Waals surface area (Å²) < 4.78 is 39.7. The minimum atomic E-state index is -4.54. The van der Waals surface area contributed by atoms with Gasteiger partial charge in [0.2, 0.25) is 5.78 Å². The van der Waals surface area contributed by atoms with Crippen molar-refractivity contribution in [3.63, 3.8) is 0 Å². The molecule has 0 unspecified atom stereocenters. The molecule has 0 radical (unpaired) electrons. The molecule has 40 heavy (non-hydrogen) atoms. The average molecular weight is 567 g/mol. The van der Waals surface area contributed by atoms with E-state index in [-0.39, 0.29) is 33.8 Å². The van der Waals surface area contributed by atoms with Crippen LogP contribution in [0.3, 0.4) is 0 Å². The summed E-state index contributed by atoms with van der Waals surface area (Å²) in [6.45, 7) is 3.78. The van der Waals surface area contributed by atoms with Crippen molar-refractivity contribution in [2.75, 3.05) is 19.4 Å². The first kappa shape index (κ1) is 28.5. The molecule has 6 nitrogen and oxygen atoms in total. The van der Waals surface area contributed by atoms with Crippen molar-refractivity contribution in [2.24, 2.45) is 0 Å². The first-order valence-electron chi connectivity index (χ1n) is 11.9. The fourth-order valence-electron chi connectivity index (χ4n) is 4.05. The monoisotopic (exact) mass is 566 g/mol. The predicted octanol–water partition coefficient (Wildman–Crippen LogP) is 7.66. The molecule has 204 valence electrons. The molecule has 0 atom stereocenters. The second-order valence-corrected chi connectivity index (χ2v) is 9.88. The Morgan fingerprint density at radius 1 is 0.900 bits per heavy atom. The van der Waals surface area contributed by atoms with Crippen molar-refractivity contribution in [1.82, 2.24) is 9.47 Å². The Balaban J connectivity index is 1.61. The number of hydrogen-bond donors (Lipinski definition) is 2. The minimum Gasteiger partial charge on any atom is -0.478 e. The maximum absolute atomic E-state index is 13.3. The van der Waals surface area contributed by atoms with Crippen LogP contribution in [0.5, 0.6) is 0 Å². The summed E-state index contributed by atoms with van der Waals surface area (Å²) in [7, 11) is 3.90. The van der Waals surface area contributed by atoms with E-state index in [9.17, 15) is 27.9 Å². The Bertz CT molecular complexity index is 1600. The van der Waals surface area contributed by atoms with E-state index in [1.165, 1.54) is 30.3 Å². The molecule has 0 aliphatic rings. The molecule has 0 saturated carbocycles. The number of quaternary nitrogens is 1. The number of anilines is 1. The summed E-state index contributed by atoms with van der Waals surface area (Å²) in [6.07, 6.45) is -2.97. The van der Waals surface area contributed by atoms with Crippen molar-refractivity contribution in [3.05, 3.63) is 125 Å². The molecule has 0 bridgehead atoms. The lowest BCUT2D eigenvalue weighted by Crippen LogP contribution is -2.34. The van der Waals surface area contributed by atoms with Gasteiger partial charge in [-0.25, -0.2) is 9.78 Å². The zero-order valence-corrected chi connectivity index (χ0v) is 22.2. The lowest BCUT2D eigenvalue weighted by Gasteiger charge is -2.28. The van der Waals surface area contributed by atoms with Crippen LogP contribution in [0, 0.1) is 0 Å². The van der Waals surface area contributed by atoms with Crippen LogP contribution in [0.15, 0.2) is 91.6 Å². The molecule has 0 fully saturated rings. The Morgan fingerprint density at radius 3 is 2.15 bits per heavy atom. The van der Waals surface area contributed by atoms with Gasteiger partial charge in [0.15, 0.2) is 5.69 Å². The molecule has 0 spiro atoms. The fraction of sp³-hybridized carbons (Fsp3) is 0.100. The second kappa shape index (κ2) is 11.0. The molecule has 4 rings (SSSR count). The molecule has 0 amide bonds. The number of alkyl halides is 3. The number of rotatable bonds is 8. The van der Waals surface area contributed by atoms with Crippen LogP contribution in [-0.4, -0.2) is 35.9 Å². The van der Waals surface area contributed by atoms with Crippen LogP contribution >= 0.6 is 11.6 Å². The van der Waals surface area contributed by atoms with E-state index in [1.807, 2.05) is 26.2 Å². The highest BCUT2D eigenvalue weighted by molar-refractivity contribution is 6.30. The van der Waals surface area contributed by atoms with Crippen LogP contribution in [0.1, 0.15) is 37.5 Å². The SMILES string of the molecule is C=C(Nc1cc(C(=O)O)cc(C(=O)c2ccc([N+](C)(C)c3ccc(Cl)cc3)cn2)c1)c1cccc(C(F)(F)F)c1. The van der Waals surface area contributed by atoms with E-state index in [4.69, 9.17) is 11.6 Å². The van der Waals surface area contributed by atoms with Gasteiger partial charge >= 0.3 is 12.1 Å². The molecule has 0 saturated heterocycles. The predicted molar refractivity (Wildman–Crippen MR) is 150 cm³/mol. The van der Waals surface area contributed by atoms with Crippen molar-refractivity contribution in [2.45, 2.75) is 6.18 Å². The zero-order valence-electron chi connectivity index (χ0n) is 21.5. The highest BCUT2D eigenvalue weighted by atomic mass is 35.5. The average Bonchev–Trinajstić information content (AvgIpc) is 2.92. The molecule has 4 aromatic rings. The zero-order chi connectivity index (χ0) is 29.2. The number of benzene rings is 3. The highest BCUT2D eigenvalue weighted by Gasteiger charge is 2.30. The van der Waals surface area contributed by atoms with Gasteiger partial charge in [-0.2, -0.15) is 13.2 Å².